The largest absolute Gasteiger partial charge is 0.392 e. The predicted molar refractivity (Wildman–Crippen MR) is 131 cm³/mol. The van der Waals surface area contributed by atoms with Crippen LogP contribution in [0.4, 0.5) is 19.0 Å². The van der Waals surface area contributed by atoms with E-state index in [1.807, 2.05) is 6.20 Å². The topological polar surface area (TPSA) is 62.5 Å². The molecule has 0 radical (unpaired) electrons. The Hall–Kier alpha value is -2.59. The summed E-state index contributed by atoms with van der Waals surface area (Å²) in [7, 11) is 1.65. The smallest absolute Gasteiger partial charge is 0.252 e. The first-order valence-corrected chi connectivity index (χ1v) is 12.2. The zero-order valence-corrected chi connectivity index (χ0v) is 20.6. The maximum atomic E-state index is 13.9. The van der Waals surface area contributed by atoms with Crippen molar-refractivity contribution in [1.82, 2.24) is 14.5 Å². The molecule has 1 aromatic carbocycles. The molecule has 2 N–H and O–H groups in total. The summed E-state index contributed by atoms with van der Waals surface area (Å²) in [5, 5.41) is 13.3. The maximum absolute atomic E-state index is 13.9. The van der Waals surface area contributed by atoms with Crippen LogP contribution in [0.5, 0.6) is 0 Å². The second kappa shape index (κ2) is 10.0. The van der Waals surface area contributed by atoms with Gasteiger partial charge in [-0.3, -0.25) is 4.90 Å². The molecule has 192 valence electrons. The SMILES string of the molecule is COC[C@H]1Cn2cc(-c3cc(NC4CC(F)(F)C4)ncc3Cl)cc2CN1Cc1cc(F)ccc1CO. The summed E-state index contributed by atoms with van der Waals surface area (Å²) in [6, 6.07) is 8.02. The summed E-state index contributed by atoms with van der Waals surface area (Å²) < 4.78 is 48.0. The highest BCUT2D eigenvalue weighted by Gasteiger charge is 2.45. The molecule has 1 fully saturated rings. The highest BCUT2D eigenvalue weighted by atomic mass is 35.5. The molecule has 36 heavy (non-hydrogen) atoms. The Balaban J connectivity index is 1.38. The van der Waals surface area contributed by atoms with Gasteiger partial charge in [0.05, 0.1) is 24.3 Å². The van der Waals surface area contributed by atoms with Crippen molar-refractivity contribution >= 4 is 17.4 Å². The first kappa shape index (κ1) is 25.1. The van der Waals surface area contributed by atoms with Crippen molar-refractivity contribution in [3.63, 3.8) is 0 Å². The van der Waals surface area contributed by atoms with Gasteiger partial charge in [-0.15, -0.1) is 0 Å². The number of anilines is 1. The summed E-state index contributed by atoms with van der Waals surface area (Å²) in [4.78, 5) is 6.48. The van der Waals surface area contributed by atoms with Crippen LogP contribution in [0, 0.1) is 5.82 Å². The lowest BCUT2D eigenvalue weighted by Crippen LogP contribution is -2.44. The fourth-order valence-corrected chi connectivity index (χ4v) is 5.26. The average molecular weight is 521 g/mol. The third kappa shape index (κ3) is 5.25. The van der Waals surface area contributed by atoms with E-state index < -0.39 is 5.92 Å². The van der Waals surface area contributed by atoms with Gasteiger partial charge < -0.3 is 19.7 Å². The van der Waals surface area contributed by atoms with E-state index in [1.54, 1.807) is 19.2 Å². The van der Waals surface area contributed by atoms with Crippen LogP contribution >= 0.6 is 11.6 Å². The number of hydrogen-bond donors (Lipinski definition) is 2. The second-order valence-electron chi connectivity index (χ2n) is 9.61. The first-order chi connectivity index (χ1) is 17.2. The number of aliphatic hydroxyl groups is 1. The van der Waals surface area contributed by atoms with Gasteiger partial charge in [0.2, 0.25) is 0 Å². The number of pyridine rings is 1. The Labute approximate surface area is 212 Å². The highest BCUT2D eigenvalue weighted by molar-refractivity contribution is 6.33. The molecule has 1 aliphatic heterocycles. The predicted octanol–water partition coefficient (Wildman–Crippen LogP) is 5.08. The van der Waals surface area contributed by atoms with E-state index in [-0.39, 0.29) is 37.3 Å². The number of nitrogens with one attached hydrogen (secondary N) is 1. The summed E-state index contributed by atoms with van der Waals surface area (Å²) in [5.74, 6) is -2.43. The third-order valence-electron chi connectivity index (χ3n) is 6.95. The minimum absolute atomic E-state index is 0.0444. The zero-order chi connectivity index (χ0) is 25.4. The molecule has 2 aromatic heterocycles. The fraction of sp³-hybridized carbons (Fsp3) is 0.423. The van der Waals surface area contributed by atoms with Crippen LogP contribution < -0.4 is 5.32 Å². The molecule has 10 heteroatoms. The van der Waals surface area contributed by atoms with Gasteiger partial charge in [-0.05, 0) is 35.4 Å². The maximum Gasteiger partial charge on any atom is 0.252 e. The van der Waals surface area contributed by atoms with Crippen molar-refractivity contribution in [2.45, 2.75) is 57.1 Å². The molecule has 0 spiro atoms. The number of alkyl halides is 2. The Bertz CT molecular complexity index is 1240. The zero-order valence-electron chi connectivity index (χ0n) is 19.9. The standard InChI is InChI=1S/C26H28ClF3N4O2/c1-36-15-22-13-33-11-18(23-6-25(31-9-24(23)27)32-20-7-26(29,30)8-20)5-21(33)12-34(22)10-17-4-19(28)3-2-16(17)14-35/h2-6,9,11,20,22,35H,7-8,10,12-15H2,1H3,(H,31,32)/t22-/m1/s1. The lowest BCUT2D eigenvalue weighted by molar-refractivity contribution is -0.0794. The lowest BCUT2D eigenvalue weighted by atomic mass is 9.88. The van der Waals surface area contributed by atoms with Crippen LogP contribution in [0.2, 0.25) is 5.02 Å². The summed E-state index contributed by atoms with van der Waals surface area (Å²) in [5.41, 5.74) is 4.17. The molecule has 3 heterocycles. The van der Waals surface area contributed by atoms with E-state index >= 15 is 0 Å². The lowest BCUT2D eigenvalue weighted by Gasteiger charge is -2.36. The van der Waals surface area contributed by atoms with Crippen molar-refractivity contribution in [1.29, 1.82) is 0 Å². The van der Waals surface area contributed by atoms with E-state index in [0.717, 1.165) is 22.4 Å². The minimum Gasteiger partial charge on any atom is -0.392 e. The van der Waals surface area contributed by atoms with E-state index in [0.29, 0.717) is 42.6 Å². The van der Waals surface area contributed by atoms with E-state index in [9.17, 15) is 18.3 Å². The molecule has 6 nitrogen and oxygen atoms in total. The van der Waals surface area contributed by atoms with Gasteiger partial charge in [0.1, 0.15) is 11.6 Å². The molecule has 1 atom stereocenters. The van der Waals surface area contributed by atoms with Gasteiger partial charge in [0, 0.05) is 74.8 Å². The molecule has 0 amide bonds. The Kier molecular flexibility index (Phi) is 7.00. The van der Waals surface area contributed by atoms with Gasteiger partial charge >= 0.3 is 0 Å². The number of fused-ring (bicyclic) bond motifs is 1. The van der Waals surface area contributed by atoms with Gasteiger partial charge in [0.25, 0.3) is 5.92 Å². The van der Waals surface area contributed by atoms with E-state index in [2.05, 4.69) is 25.8 Å². The molecule has 1 aliphatic carbocycles. The van der Waals surface area contributed by atoms with Crippen LogP contribution in [0.1, 0.15) is 29.7 Å². The summed E-state index contributed by atoms with van der Waals surface area (Å²) >= 11 is 6.48. The number of rotatable bonds is 8. The van der Waals surface area contributed by atoms with E-state index in [1.165, 1.54) is 18.3 Å². The minimum atomic E-state index is -2.61. The van der Waals surface area contributed by atoms with Crippen LogP contribution in [-0.2, 0) is 31.0 Å². The van der Waals surface area contributed by atoms with Crippen molar-refractivity contribution in [3.8, 4) is 11.1 Å². The fourth-order valence-electron chi connectivity index (χ4n) is 5.05. The Morgan fingerprint density at radius 1 is 1.22 bits per heavy atom. The molecule has 0 unspecified atom stereocenters. The highest BCUT2D eigenvalue weighted by Crippen LogP contribution is 2.40. The van der Waals surface area contributed by atoms with Crippen molar-refractivity contribution in [3.05, 3.63) is 70.4 Å². The third-order valence-corrected chi connectivity index (χ3v) is 7.26. The number of methoxy groups -OCH3 is 1. The average Bonchev–Trinajstić information content (AvgIpc) is 3.22. The van der Waals surface area contributed by atoms with Gasteiger partial charge in [-0.1, -0.05) is 17.7 Å². The molecular formula is C26H28ClF3N4O2. The number of hydrogen-bond acceptors (Lipinski definition) is 5. The van der Waals surface area contributed by atoms with Crippen molar-refractivity contribution in [2.75, 3.05) is 19.0 Å². The number of benzene rings is 1. The van der Waals surface area contributed by atoms with Crippen LogP contribution in [0.15, 0.2) is 42.7 Å². The first-order valence-electron chi connectivity index (χ1n) is 11.8. The summed E-state index contributed by atoms with van der Waals surface area (Å²) in [6.45, 7) is 2.07. The van der Waals surface area contributed by atoms with Gasteiger partial charge in [0.15, 0.2) is 0 Å². The molecule has 3 aromatic rings. The number of ether oxygens (including phenoxy) is 1. The molecular weight excluding hydrogens is 493 g/mol. The quantitative estimate of drug-likeness (QED) is 0.434. The molecule has 0 saturated heterocycles. The van der Waals surface area contributed by atoms with Crippen molar-refractivity contribution in [2.24, 2.45) is 0 Å². The van der Waals surface area contributed by atoms with E-state index in [4.69, 9.17) is 16.3 Å². The van der Waals surface area contributed by atoms with Crippen LogP contribution in [0.3, 0.4) is 0 Å². The molecule has 5 rings (SSSR count). The second-order valence-corrected chi connectivity index (χ2v) is 10.0. The number of nitrogens with zero attached hydrogens (tertiary/aromatic N) is 3. The summed E-state index contributed by atoms with van der Waals surface area (Å²) in [6.07, 6.45) is 3.16. The Morgan fingerprint density at radius 2 is 2.03 bits per heavy atom. The van der Waals surface area contributed by atoms with Crippen molar-refractivity contribution < 1.29 is 23.0 Å². The number of aliphatic hydroxyl groups excluding tert-OH is 1. The molecule has 0 bridgehead atoms. The van der Waals surface area contributed by atoms with Gasteiger partial charge in [-0.25, -0.2) is 18.2 Å². The molecule has 2 aliphatic rings. The monoisotopic (exact) mass is 520 g/mol. The number of halogens is 4. The number of aromatic nitrogens is 2. The van der Waals surface area contributed by atoms with Crippen LogP contribution in [0.25, 0.3) is 11.1 Å². The molecule has 1 saturated carbocycles. The Morgan fingerprint density at radius 3 is 2.75 bits per heavy atom. The normalized spacial score (nSPS) is 19.7. The van der Waals surface area contributed by atoms with Crippen LogP contribution in [-0.4, -0.2) is 51.3 Å². The van der Waals surface area contributed by atoms with Gasteiger partial charge in [-0.2, -0.15) is 0 Å².